The maximum absolute atomic E-state index is 11.7. The summed E-state index contributed by atoms with van der Waals surface area (Å²) in [5.74, 6) is -0.878. The summed E-state index contributed by atoms with van der Waals surface area (Å²) in [5.41, 5.74) is 0. The lowest BCUT2D eigenvalue weighted by molar-refractivity contribution is -0.142. The van der Waals surface area contributed by atoms with Gasteiger partial charge in [-0.25, -0.2) is 4.79 Å². The Morgan fingerprint density at radius 3 is 2.35 bits per heavy atom. The van der Waals surface area contributed by atoms with Gasteiger partial charge < -0.3 is 10.4 Å². The van der Waals surface area contributed by atoms with E-state index in [1.165, 1.54) is 0 Å². The molecule has 1 amide bonds. The van der Waals surface area contributed by atoms with Crippen LogP contribution in [0.25, 0.3) is 0 Å². The molecule has 1 heterocycles. The third-order valence-electron chi connectivity index (χ3n) is 2.91. The Morgan fingerprint density at radius 1 is 1.29 bits per heavy atom. The largest absolute Gasteiger partial charge is 0.480 e. The first kappa shape index (κ1) is 14.0. The molecule has 1 fully saturated rings. The van der Waals surface area contributed by atoms with Gasteiger partial charge in [0.25, 0.3) is 0 Å². The van der Waals surface area contributed by atoms with Gasteiger partial charge in [0.2, 0.25) is 5.91 Å². The van der Waals surface area contributed by atoms with E-state index < -0.39 is 12.0 Å². The molecule has 0 saturated carbocycles. The van der Waals surface area contributed by atoms with Crippen LogP contribution in [0.4, 0.5) is 0 Å². The molecule has 0 aliphatic carbocycles. The van der Waals surface area contributed by atoms with Crippen LogP contribution in [0.3, 0.4) is 0 Å². The highest BCUT2D eigenvalue weighted by Crippen LogP contribution is 2.07. The van der Waals surface area contributed by atoms with Crippen molar-refractivity contribution in [3.05, 3.63) is 0 Å². The summed E-state index contributed by atoms with van der Waals surface area (Å²) in [5, 5.41) is 11.6. The van der Waals surface area contributed by atoms with Crippen LogP contribution in [0, 0.1) is 5.92 Å². The standard InChI is InChI=1S/C12H22N2O3/c1-9(2)7-10(12(16)17)13-11(15)8-14-5-3-4-6-14/h9-10H,3-8H2,1-2H3,(H,13,15)(H,16,17). The molecule has 2 N–H and O–H groups in total. The van der Waals surface area contributed by atoms with Crippen molar-refractivity contribution in [2.45, 2.75) is 39.2 Å². The summed E-state index contributed by atoms with van der Waals surface area (Å²) < 4.78 is 0. The van der Waals surface area contributed by atoms with E-state index in [2.05, 4.69) is 10.2 Å². The number of carboxylic acid groups (broad SMARTS) is 1. The first-order valence-corrected chi connectivity index (χ1v) is 6.23. The summed E-state index contributed by atoms with van der Waals surface area (Å²) >= 11 is 0. The number of carboxylic acids is 1. The van der Waals surface area contributed by atoms with Crippen LogP contribution in [0.1, 0.15) is 33.1 Å². The van der Waals surface area contributed by atoms with Crippen molar-refractivity contribution in [2.75, 3.05) is 19.6 Å². The first-order chi connectivity index (χ1) is 7.99. The Labute approximate surface area is 102 Å². The monoisotopic (exact) mass is 242 g/mol. The van der Waals surface area contributed by atoms with Gasteiger partial charge in [-0.3, -0.25) is 9.69 Å². The second-order valence-corrected chi connectivity index (χ2v) is 5.07. The van der Waals surface area contributed by atoms with Crippen LogP contribution in [0.15, 0.2) is 0 Å². The average molecular weight is 242 g/mol. The summed E-state index contributed by atoms with van der Waals surface area (Å²) in [6.45, 7) is 6.09. The zero-order valence-electron chi connectivity index (χ0n) is 10.6. The van der Waals surface area contributed by atoms with Gasteiger partial charge in [0.1, 0.15) is 6.04 Å². The predicted molar refractivity (Wildman–Crippen MR) is 64.7 cm³/mol. The Balaban J connectivity index is 2.37. The minimum absolute atomic E-state index is 0.181. The third-order valence-corrected chi connectivity index (χ3v) is 2.91. The van der Waals surface area contributed by atoms with E-state index in [1.807, 2.05) is 13.8 Å². The second kappa shape index (κ2) is 6.59. The minimum atomic E-state index is -0.950. The topological polar surface area (TPSA) is 69.6 Å². The van der Waals surface area contributed by atoms with E-state index in [0.717, 1.165) is 25.9 Å². The molecule has 1 saturated heterocycles. The lowest BCUT2D eigenvalue weighted by atomic mass is 10.0. The van der Waals surface area contributed by atoms with Crippen LogP contribution < -0.4 is 5.32 Å². The Morgan fingerprint density at radius 2 is 1.88 bits per heavy atom. The van der Waals surface area contributed by atoms with E-state index in [1.54, 1.807) is 0 Å². The minimum Gasteiger partial charge on any atom is -0.480 e. The lowest BCUT2D eigenvalue weighted by Gasteiger charge is -2.19. The number of likely N-dealkylation sites (tertiary alicyclic amines) is 1. The van der Waals surface area contributed by atoms with Gasteiger partial charge in [0.05, 0.1) is 6.54 Å². The molecule has 0 aromatic heterocycles. The van der Waals surface area contributed by atoms with Crippen molar-refractivity contribution in [1.29, 1.82) is 0 Å². The lowest BCUT2D eigenvalue weighted by Crippen LogP contribution is -2.45. The van der Waals surface area contributed by atoms with Gasteiger partial charge >= 0.3 is 5.97 Å². The molecule has 17 heavy (non-hydrogen) atoms. The predicted octanol–water partition coefficient (Wildman–Crippen LogP) is 0.698. The fraction of sp³-hybridized carbons (Fsp3) is 0.833. The quantitative estimate of drug-likeness (QED) is 0.719. The fourth-order valence-electron chi connectivity index (χ4n) is 2.08. The van der Waals surface area contributed by atoms with Crippen molar-refractivity contribution < 1.29 is 14.7 Å². The molecular formula is C12H22N2O3. The summed E-state index contributed by atoms with van der Waals surface area (Å²) in [6, 6.07) is -0.759. The molecular weight excluding hydrogens is 220 g/mol. The van der Waals surface area contributed by atoms with Gasteiger partial charge in [-0.1, -0.05) is 13.8 Å². The number of aliphatic carboxylic acids is 1. The van der Waals surface area contributed by atoms with Crippen molar-refractivity contribution in [1.82, 2.24) is 10.2 Å². The smallest absolute Gasteiger partial charge is 0.326 e. The number of nitrogens with one attached hydrogen (secondary N) is 1. The molecule has 0 bridgehead atoms. The Kier molecular flexibility index (Phi) is 5.41. The van der Waals surface area contributed by atoms with E-state index in [4.69, 9.17) is 5.11 Å². The maximum Gasteiger partial charge on any atom is 0.326 e. The van der Waals surface area contributed by atoms with Gasteiger partial charge in [-0.15, -0.1) is 0 Å². The Bertz CT molecular complexity index is 273. The van der Waals surface area contributed by atoms with Crippen LogP contribution >= 0.6 is 0 Å². The molecule has 5 heteroatoms. The van der Waals surface area contributed by atoms with Crippen molar-refractivity contribution in [3.8, 4) is 0 Å². The highest BCUT2D eigenvalue weighted by molar-refractivity contribution is 5.84. The molecule has 98 valence electrons. The number of nitrogens with zero attached hydrogens (tertiary/aromatic N) is 1. The SMILES string of the molecule is CC(C)CC(NC(=O)CN1CCCC1)C(=O)O. The van der Waals surface area contributed by atoms with Crippen LogP contribution in [-0.2, 0) is 9.59 Å². The summed E-state index contributed by atoms with van der Waals surface area (Å²) in [6.07, 6.45) is 2.73. The summed E-state index contributed by atoms with van der Waals surface area (Å²) in [7, 11) is 0. The van der Waals surface area contributed by atoms with Gasteiger partial charge in [-0.05, 0) is 38.3 Å². The molecule has 1 aliphatic heterocycles. The van der Waals surface area contributed by atoms with Crippen molar-refractivity contribution in [3.63, 3.8) is 0 Å². The normalized spacial score (nSPS) is 18.3. The Hall–Kier alpha value is -1.10. The van der Waals surface area contributed by atoms with E-state index in [0.29, 0.717) is 13.0 Å². The first-order valence-electron chi connectivity index (χ1n) is 6.23. The van der Waals surface area contributed by atoms with E-state index in [9.17, 15) is 9.59 Å². The molecule has 1 atom stereocenters. The molecule has 5 nitrogen and oxygen atoms in total. The fourth-order valence-corrected chi connectivity index (χ4v) is 2.08. The zero-order valence-corrected chi connectivity index (χ0v) is 10.6. The molecule has 0 aromatic rings. The van der Waals surface area contributed by atoms with Crippen LogP contribution in [0.5, 0.6) is 0 Å². The number of carbonyl (C=O) groups is 2. The maximum atomic E-state index is 11.7. The van der Waals surface area contributed by atoms with Gasteiger partial charge in [0, 0.05) is 0 Å². The highest BCUT2D eigenvalue weighted by Gasteiger charge is 2.22. The number of hydrogen-bond acceptors (Lipinski definition) is 3. The molecule has 0 aromatic carbocycles. The number of hydrogen-bond donors (Lipinski definition) is 2. The zero-order chi connectivity index (χ0) is 12.8. The van der Waals surface area contributed by atoms with Crippen molar-refractivity contribution >= 4 is 11.9 Å². The summed E-state index contributed by atoms with van der Waals surface area (Å²) in [4.78, 5) is 24.7. The number of amides is 1. The number of rotatable bonds is 6. The van der Waals surface area contributed by atoms with E-state index in [-0.39, 0.29) is 11.8 Å². The molecule has 1 aliphatic rings. The van der Waals surface area contributed by atoms with E-state index >= 15 is 0 Å². The van der Waals surface area contributed by atoms with Crippen LogP contribution in [-0.4, -0.2) is 47.6 Å². The van der Waals surface area contributed by atoms with Gasteiger partial charge in [0.15, 0.2) is 0 Å². The second-order valence-electron chi connectivity index (χ2n) is 5.07. The number of carbonyl (C=O) groups excluding carboxylic acids is 1. The van der Waals surface area contributed by atoms with Gasteiger partial charge in [-0.2, -0.15) is 0 Å². The molecule has 0 spiro atoms. The van der Waals surface area contributed by atoms with Crippen LogP contribution in [0.2, 0.25) is 0 Å². The highest BCUT2D eigenvalue weighted by atomic mass is 16.4. The van der Waals surface area contributed by atoms with Crippen molar-refractivity contribution in [2.24, 2.45) is 5.92 Å². The molecule has 0 radical (unpaired) electrons. The average Bonchev–Trinajstić information content (AvgIpc) is 2.68. The molecule has 1 unspecified atom stereocenters. The third kappa shape index (κ3) is 5.17. The molecule has 1 rings (SSSR count).